The van der Waals surface area contributed by atoms with Crippen LogP contribution in [-0.4, -0.2) is 15.1 Å². The summed E-state index contributed by atoms with van der Waals surface area (Å²) in [5, 5.41) is -0.313. The van der Waals surface area contributed by atoms with Crippen LogP contribution in [0.4, 0.5) is 0 Å². The van der Waals surface area contributed by atoms with Crippen molar-refractivity contribution in [2.24, 2.45) is 5.92 Å². The molecule has 0 saturated carbocycles. The van der Waals surface area contributed by atoms with Gasteiger partial charge in [-0.2, -0.15) is 0 Å². The molecule has 2 nitrogen and oxygen atoms in total. The smallest absolute Gasteiger partial charge is 0.225 e. The van der Waals surface area contributed by atoms with Crippen molar-refractivity contribution in [2.45, 2.75) is 66.0 Å². The molecule has 18 heavy (non-hydrogen) atoms. The average molecular weight is 471 g/mol. The SMILES string of the molecule is CCCCCC(C)CC(CC)S(=O)(=O)C(Br)(Br)Br. The zero-order valence-electron chi connectivity index (χ0n) is 11.3. The lowest BCUT2D eigenvalue weighted by molar-refractivity contribution is 0.442. The van der Waals surface area contributed by atoms with E-state index in [-0.39, 0.29) is 5.25 Å². The van der Waals surface area contributed by atoms with Crippen LogP contribution >= 0.6 is 47.8 Å². The molecular formula is C12H23Br3O2S. The first-order valence-corrected chi connectivity index (χ1v) is 10.4. The van der Waals surface area contributed by atoms with E-state index in [9.17, 15) is 8.42 Å². The van der Waals surface area contributed by atoms with E-state index in [2.05, 4.69) is 61.6 Å². The predicted molar refractivity (Wildman–Crippen MR) is 90.4 cm³/mol. The second-order valence-electron chi connectivity index (χ2n) is 4.86. The van der Waals surface area contributed by atoms with Crippen molar-refractivity contribution in [3.63, 3.8) is 0 Å². The summed E-state index contributed by atoms with van der Waals surface area (Å²) in [6.07, 6.45) is 6.11. The molecule has 0 aromatic carbocycles. The zero-order chi connectivity index (χ0) is 14.4. The van der Waals surface area contributed by atoms with Gasteiger partial charge in [0.05, 0.1) is 5.25 Å². The number of hydrogen-bond acceptors (Lipinski definition) is 2. The maximum Gasteiger partial charge on any atom is 0.235 e. The van der Waals surface area contributed by atoms with Crippen LogP contribution in [-0.2, 0) is 9.84 Å². The minimum atomic E-state index is -3.26. The molecular weight excluding hydrogens is 448 g/mol. The maximum atomic E-state index is 12.3. The van der Waals surface area contributed by atoms with Crippen molar-refractivity contribution in [1.82, 2.24) is 0 Å². The normalized spacial score (nSPS) is 16.6. The van der Waals surface area contributed by atoms with Gasteiger partial charge in [-0.3, -0.25) is 0 Å². The van der Waals surface area contributed by atoms with Gasteiger partial charge in [0, 0.05) is 0 Å². The first-order chi connectivity index (χ1) is 8.16. The molecule has 0 aliphatic rings. The summed E-state index contributed by atoms with van der Waals surface area (Å²) < 4.78 is 23.4. The van der Waals surface area contributed by atoms with Crippen LogP contribution in [0.15, 0.2) is 0 Å². The lowest BCUT2D eigenvalue weighted by Crippen LogP contribution is -2.32. The second-order valence-corrected chi connectivity index (χ2v) is 15.6. The Hall–Kier alpha value is 1.39. The molecule has 0 aromatic rings. The van der Waals surface area contributed by atoms with E-state index in [1.54, 1.807) is 0 Å². The Labute approximate surface area is 137 Å². The van der Waals surface area contributed by atoms with Gasteiger partial charge in [0.25, 0.3) is 0 Å². The van der Waals surface area contributed by atoms with Crippen LogP contribution in [0.5, 0.6) is 0 Å². The highest BCUT2D eigenvalue weighted by atomic mass is 80.0. The van der Waals surface area contributed by atoms with E-state index >= 15 is 0 Å². The van der Waals surface area contributed by atoms with Gasteiger partial charge in [0.2, 0.25) is 1.47 Å². The lowest BCUT2D eigenvalue weighted by Gasteiger charge is -2.24. The molecule has 0 N–H and O–H groups in total. The summed E-state index contributed by atoms with van der Waals surface area (Å²) in [4.78, 5) is 0. The highest BCUT2D eigenvalue weighted by Crippen LogP contribution is 2.43. The Morgan fingerprint density at radius 3 is 2.06 bits per heavy atom. The number of alkyl halides is 3. The van der Waals surface area contributed by atoms with Gasteiger partial charge in [0.1, 0.15) is 0 Å². The summed E-state index contributed by atoms with van der Waals surface area (Å²) in [6, 6.07) is 0. The molecule has 0 aliphatic heterocycles. The van der Waals surface area contributed by atoms with E-state index in [0.29, 0.717) is 12.3 Å². The summed E-state index contributed by atoms with van der Waals surface area (Å²) >= 11 is 9.42. The largest absolute Gasteiger partial charge is 0.235 e. The van der Waals surface area contributed by atoms with Crippen LogP contribution in [0.2, 0.25) is 0 Å². The third-order valence-electron chi connectivity index (χ3n) is 3.18. The molecule has 2 atom stereocenters. The van der Waals surface area contributed by atoms with Gasteiger partial charge < -0.3 is 0 Å². The van der Waals surface area contributed by atoms with Crippen LogP contribution in [0.3, 0.4) is 0 Å². The van der Waals surface area contributed by atoms with Crippen LogP contribution < -0.4 is 0 Å². The Balaban J connectivity index is 4.53. The Morgan fingerprint density at radius 2 is 1.67 bits per heavy atom. The van der Waals surface area contributed by atoms with Gasteiger partial charge in [-0.1, -0.05) is 46.5 Å². The molecule has 0 fully saturated rings. The van der Waals surface area contributed by atoms with Gasteiger partial charge >= 0.3 is 0 Å². The minimum Gasteiger partial charge on any atom is -0.225 e. The Kier molecular flexibility index (Phi) is 9.29. The fourth-order valence-corrected chi connectivity index (χ4v) is 5.79. The molecule has 0 aromatic heterocycles. The van der Waals surface area contributed by atoms with Crippen molar-refractivity contribution >= 4 is 57.6 Å². The first kappa shape index (κ1) is 19.4. The third-order valence-corrected chi connectivity index (χ3v) is 9.29. The van der Waals surface area contributed by atoms with E-state index in [1.807, 2.05) is 6.92 Å². The monoisotopic (exact) mass is 468 g/mol. The van der Waals surface area contributed by atoms with E-state index in [1.165, 1.54) is 19.3 Å². The molecule has 6 heteroatoms. The lowest BCUT2D eigenvalue weighted by atomic mass is 9.97. The number of halogens is 3. The first-order valence-electron chi connectivity index (χ1n) is 6.46. The molecule has 0 radical (unpaired) electrons. The number of rotatable bonds is 8. The zero-order valence-corrected chi connectivity index (χ0v) is 16.8. The molecule has 0 heterocycles. The summed E-state index contributed by atoms with van der Waals surface area (Å²) in [7, 11) is -3.26. The molecule has 0 rings (SSSR count). The number of sulfone groups is 1. The van der Waals surface area contributed by atoms with Crippen molar-refractivity contribution in [3.8, 4) is 0 Å². The third kappa shape index (κ3) is 6.23. The van der Waals surface area contributed by atoms with Gasteiger partial charge in [-0.05, 0) is 66.5 Å². The minimum absolute atomic E-state index is 0.313. The molecule has 2 unspecified atom stereocenters. The molecule has 0 bridgehead atoms. The maximum absolute atomic E-state index is 12.3. The van der Waals surface area contributed by atoms with Crippen molar-refractivity contribution < 1.29 is 8.42 Å². The quantitative estimate of drug-likeness (QED) is 0.342. The molecule has 0 amide bonds. The molecule has 0 spiro atoms. The predicted octanol–water partition coefficient (Wildman–Crippen LogP) is 5.58. The summed E-state index contributed by atoms with van der Waals surface area (Å²) in [6.45, 7) is 6.25. The highest BCUT2D eigenvalue weighted by Gasteiger charge is 2.41. The number of hydrogen-bond donors (Lipinski definition) is 0. The molecule has 0 aliphatic carbocycles. The fraction of sp³-hybridized carbons (Fsp3) is 1.00. The van der Waals surface area contributed by atoms with E-state index in [4.69, 9.17) is 0 Å². The van der Waals surface area contributed by atoms with Crippen molar-refractivity contribution in [3.05, 3.63) is 0 Å². The Bertz CT molecular complexity index is 323. The van der Waals surface area contributed by atoms with Gasteiger partial charge in [0.15, 0.2) is 9.84 Å². The van der Waals surface area contributed by atoms with Gasteiger partial charge in [-0.15, -0.1) is 0 Å². The average Bonchev–Trinajstić information content (AvgIpc) is 2.24. The van der Waals surface area contributed by atoms with Crippen molar-refractivity contribution in [1.29, 1.82) is 0 Å². The van der Waals surface area contributed by atoms with Crippen LogP contribution in [0.1, 0.15) is 59.3 Å². The van der Waals surface area contributed by atoms with Crippen molar-refractivity contribution in [2.75, 3.05) is 0 Å². The summed E-state index contributed by atoms with van der Waals surface area (Å²) in [5.74, 6) is 0.450. The summed E-state index contributed by atoms with van der Waals surface area (Å²) in [5.41, 5.74) is 0. The molecule has 110 valence electrons. The fourth-order valence-electron chi connectivity index (χ4n) is 2.01. The molecule has 0 saturated heterocycles. The van der Waals surface area contributed by atoms with Gasteiger partial charge in [-0.25, -0.2) is 8.42 Å². The van der Waals surface area contributed by atoms with E-state index < -0.39 is 11.3 Å². The standard InChI is InChI=1S/C12H23Br3O2S/c1-4-6-7-8-10(3)9-11(5-2)18(16,17)12(13,14)15/h10-11H,4-9H2,1-3H3. The van der Waals surface area contributed by atoms with E-state index in [0.717, 1.165) is 12.8 Å². The Morgan fingerprint density at radius 1 is 1.11 bits per heavy atom. The second kappa shape index (κ2) is 8.63. The highest BCUT2D eigenvalue weighted by molar-refractivity contribution is 9.42. The number of unbranched alkanes of at least 4 members (excludes halogenated alkanes) is 2. The van der Waals surface area contributed by atoms with Crippen LogP contribution in [0, 0.1) is 5.92 Å². The topological polar surface area (TPSA) is 34.1 Å². The van der Waals surface area contributed by atoms with Crippen LogP contribution in [0.25, 0.3) is 0 Å².